The topological polar surface area (TPSA) is 64.1 Å². The minimum atomic E-state index is -0.258. The molecule has 8 heteroatoms. The summed E-state index contributed by atoms with van der Waals surface area (Å²) < 4.78 is 5.88. The fraction of sp³-hybridized carbons (Fsp3) is 0.133. The van der Waals surface area contributed by atoms with Gasteiger partial charge in [-0.2, -0.15) is 0 Å². The lowest BCUT2D eigenvalue weighted by molar-refractivity contribution is 0.102. The van der Waals surface area contributed by atoms with Gasteiger partial charge in [0, 0.05) is 6.20 Å². The van der Waals surface area contributed by atoms with E-state index in [2.05, 4.69) is 15.3 Å². The van der Waals surface area contributed by atoms with E-state index in [4.69, 9.17) is 16.3 Å². The number of hydrogen-bond acceptors (Lipinski definition) is 6. The second-order valence-electron chi connectivity index (χ2n) is 4.55. The molecule has 23 heavy (non-hydrogen) atoms. The second kappa shape index (κ2) is 6.66. The van der Waals surface area contributed by atoms with Crippen molar-refractivity contribution < 1.29 is 9.53 Å². The molecule has 0 spiro atoms. The first-order chi connectivity index (χ1) is 11.1. The van der Waals surface area contributed by atoms with Gasteiger partial charge in [-0.25, -0.2) is 9.97 Å². The van der Waals surface area contributed by atoms with Crippen LogP contribution in [0.3, 0.4) is 0 Å². The molecule has 3 heterocycles. The standard InChI is InChI=1S/C15H12ClN3O2S2/c1-8-12(23-15(18-8)10-5-6-11(16)22-10)14(20)19-13-9(21-2)4-3-7-17-13/h3-7H,1-2H3,(H,17,19,20). The third-order valence-electron chi connectivity index (χ3n) is 3.01. The van der Waals surface area contributed by atoms with Crippen molar-refractivity contribution in [3.8, 4) is 15.6 Å². The molecule has 0 bridgehead atoms. The molecule has 1 amide bonds. The summed E-state index contributed by atoms with van der Waals surface area (Å²) in [4.78, 5) is 22.6. The molecule has 0 saturated heterocycles. The molecule has 3 aromatic rings. The van der Waals surface area contributed by atoms with E-state index in [9.17, 15) is 4.79 Å². The lowest BCUT2D eigenvalue weighted by atomic mass is 10.3. The lowest BCUT2D eigenvalue weighted by Gasteiger charge is -2.07. The van der Waals surface area contributed by atoms with Crippen molar-refractivity contribution in [3.05, 3.63) is 45.4 Å². The van der Waals surface area contributed by atoms with Gasteiger partial charge in [0.15, 0.2) is 11.6 Å². The number of aromatic nitrogens is 2. The lowest BCUT2D eigenvalue weighted by Crippen LogP contribution is -2.13. The predicted octanol–water partition coefficient (Wildman–Crippen LogP) is 4.49. The zero-order chi connectivity index (χ0) is 16.4. The van der Waals surface area contributed by atoms with Crippen LogP contribution in [0.15, 0.2) is 30.5 Å². The van der Waals surface area contributed by atoms with Crippen LogP contribution in [0, 0.1) is 6.92 Å². The number of anilines is 1. The minimum absolute atomic E-state index is 0.258. The van der Waals surface area contributed by atoms with Gasteiger partial charge in [0.1, 0.15) is 9.88 Å². The molecule has 0 saturated carbocycles. The van der Waals surface area contributed by atoms with Gasteiger partial charge in [0.25, 0.3) is 5.91 Å². The maximum Gasteiger partial charge on any atom is 0.268 e. The molecule has 1 N–H and O–H groups in total. The Balaban J connectivity index is 1.87. The Kier molecular flexibility index (Phi) is 4.61. The Hall–Kier alpha value is -1.96. The number of ether oxygens (including phenoxy) is 1. The number of thiazole rings is 1. The zero-order valence-corrected chi connectivity index (χ0v) is 14.7. The second-order valence-corrected chi connectivity index (χ2v) is 7.26. The third kappa shape index (κ3) is 3.36. The Morgan fingerprint density at radius 1 is 1.30 bits per heavy atom. The van der Waals surface area contributed by atoms with Gasteiger partial charge < -0.3 is 10.1 Å². The number of nitrogens with one attached hydrogen (secondary N) is 1. The summed E-state index contributed by atoms with van der Waals surface area (Å²) in [6.07, 6.45) is 1.59. The van der Waals surface area contributed by atoms with Crippen molar-refractivity contribution in [3.63, 3.8) is 0 Å². The monoisotopic (exact) mass is 365 g/mol. The molecule has 0 aromatic carbocycles. The van der Waals surface area contributed by atoms with Crippen molar-refractivity contribution in [1.82, 2.24) is 9.97 Å². The van der Waals surface area contributed by atoms with Gasteiger partial charge in [0.2, 0.25) is 0 Å². The number of amides is 1. The molecule has 0 aliphatic heterocycles. The van der Waals surface area contributed by atoms with Crippen molar-refractivity contribution in [2.24, 2.45) is 0 Å². The SMILES string of the molecule is COc1cccnc1NC(=O)c1sc(-c2ccc(Cl)s2)nc1C. The van der Waals surface area contributed by atoms with E-state index in [1.165, 1.54) is 29.8 Å². The molecule has 0 aliphatic carbocycles. The van der Waals surface area contributed by atoms with Crippen LogP contribution >= 0.6 is 34.3 Å². The predicted molar refractivity (Wildman–Crippen MR) is 93.9 cm³/mol. The highest BCUT2D eigenvalue weighted by molar-refractivity contribution is 7.24. The van der Waals surface area contributed by atoms with Crippen LogP contribution in [0.2, 0.25) is 4.34 Å². The fourth-order valence-electron chi connectivity index (χ4n) is 1.96. The highest BCUT2D eigenvalue weighted by Crippen LogP contribution is 2.35. The van der Waals surface area contributed by atoms with E-state index in [1.807, 2.05) is 12.1 Å². The molecular weight excluding hydrogens is 354 g/mol. The van der Waals surface area contributed by atoms with Crippen molar-refractivity contribution in [2.75, 3.05) is 12.4 Å². The van der Waals surface area contributed by atoms with Crippen LogP contribution in [-0.4, -0.2) is 23.0 Å². The molecule has 0 radical (unpaired) electrons. The Morgan fingerprint density at radius 3 is 2.83 bits per heavy atom. The summed E-state index contributed by atoms with van der Waals surface area (Å²) in [5.74, 6) is 0.632. The average Bonchev–Trinajstić information content (AvgIpc) is 3.13. The summed E-state index contributed by atoms with van der Waals surface area (Å²) >= 11 is 8.71. The highest BCUT2D eigenvalue weighted by Gasteiger charge is 2.18. The van der Waals surface area contributed by atoms with Crippen LogP contribution in [0.4, 0.5) is 5.82 Å². The Bertz CT molecular complexity index is 860. The number of carbonyl (C=O) groups excluding carboxylic acids is 1. The number of thiophene rings is 1. The van der Waals surface area contributed by atoms with Gasteiger partial charge in [-0.1, -0.05) is 11.6 Å². The van der Waals surface area contributed by atoms with Crippen LogP contribution < -0.4 is 10.1 Å². The van der Waals surface area contributed by atoms with Gasteiger partial charge in [-0.15, -0.1) is 22.7 Å². The number of pyridine rings is 1. The van der Waals surface area contributed by atoms with Crippen molar-refractivity contribution >= 4 is 46.0 Å². The van der Waals surface area contributed by atoms with E-state index in [-0.39, 0.29) is 5.91 Å². The van der Waals surface area contributed by atoms with E-state index in [0.717, 1.165) is 9.88 Å². The number of methoxy groups -OCH3 is 1. The van der Waals surface area contributed by atoms with Crippen LogP contribution in [-0.2, 0) is 0 Å². The van der Waals surface area contributed by atoms with E-state index >= 15 is 0 Å². The number of halogens is 1. The largest absolute Gasteiger partial charge is 0.493 e. The van der Waals surface area contributed by atoms with Gasteiger partial charge in [-0.05, 0) is 31.2 Å². The highest BCUT2D eigenvalue weighted by atomic mass is 35.5. The van der Waals surface area contributed by atoms with Gasteiger partial charge >= 0.3 is 0 Å². The van der Waals surface area contributed by atoms with Crippen molar-refractivity contribution in [2.45, 2.75) is 6.92 Å². The first kappa shape index (κ1) is 15.9. The molecule has 3 aromatic heterocycles. The summed E-state index contributed by atoms with van der Waals surface area (Å²) in [5.41, 5.74) is 0.668. The summed E-state index contributed by atoms with van der Waals surface area (Å²) in [5, 5.41) is 3.54. The molecule has 0 aliphatic rings. The van der Waals surface area contributed by atoms with Gasteiger partial charge in [0.05, 0.1) is 22.0 Å². The molecule has 3 rings (SSSR count). The zero-order valence-electron chi connectivity index (χ0n) is 12.3. The maximum atomic E-state index is 12.5. The Morgan fingerprint density at radius 2 is 2.13 bits per heavy atom. The summed E-state index contributed by atoms with van der Waals surface area (Å²) in [6.45, 7) is 1.81. The number of hydrogen-bond donors (Lipinski definition) is 1. The Labute approximate surface area is 145 Å². The smallest absolute Gasteiger partial charge is 0.268 e. The van der Waals surface area contributed by atoms with Crippen LogP contribution in [0.25, 0.3) is 9.88 Å². The van der Waals surface area contributed by atoms with E-state index in [1.54, 1.807) is 25.3 Å². The molecule has 5 nitrogen and oxygen atoms in total. The van der Waals surface area contributed by atoms with E-state index < -0.39 is 0 Å². The van der Waals surface area contributed by atoms with Crippen LogP contribution in [0.5, 0.6) is 5.75 Å². The maximum absolute atomic E-state index is 12.5. The number of nitrogens with zero attached hydrogens (tertiary/aromatic N) is 2. The molecule has 0 unspecified atom stereocenters. The normalized spacial score (nSPS) is 10.6. The summed E-state index contributed by atoms with van der Waals surface area (Å²) in [6, 6.07) is 7.19. The fourth-order valence-corrected chi connectivity index (χ4v) is 4.01. The average molecular weight is 366 g/mol. The quantitative estimate of drug-likeness (QED) is 0.739. The minimum Gasteiger partial charge on any atom is -0.493 e. The van der Waals surface area contributed by atoms with Crippen LogP contribution in [0.1, 0.15) is 15.4 Å². The molecule has 0 atom stereocenters. The first-order valence-electron chi connectivity index (χ1n) is 6.62. The third-order valence-corrected chi connectivity index (χ3v) is 5.57. The van der Waals surface area contributed by atoms with Crippen molar-refractivity contribution in [1.29, 1.82) is 0 Å². The number of aryl methyl sites for hydroxylation is 1. The molecular formula is C15H12ClN3O2S2. The summed E-state index contributed by atoms with van der Waals surface area (Å²) in [7, 11) is 1.53. The number of rotatable bonds is 4. The first-order valence-corrected chi connectivity index (χ1v) is 8.63. The molecule has 118 valence electrons. The van der Waals surface area contributed by atoms with Gasteiger partial charge in [-0.3, -0.25) is 4.79 Å². The van der Waals surface area contributed by atoms with E-state index in [0.29, 0.717) is 26.5 Å². The molecule has 0 fully saturated rings. The number of carbonyl (C=O) groups is 1.